The van der Waals surface area contributed by atoms with Crippen LogP contribution in [0.3, 0.4) is 0 Å². The lowest BCUT2D eigenvalue weighted by Gasteiger charge is -1.97. The zero-order valence-electron chi connectivity index (χ0n) is 9.91. The van der Waals surface area contributed by atoms with Crippen LogP contribution in [-0.2, 0) is 6.42 Å². The van der Waals surface area contributed by atoms with Gasteiger partial charge in [0.25, 0.3) is 0 Å². The Morgan fingerprint density at radius 2 is 1.67 bits per heavy atom. The van der Waals surface area contributed by atoms with Crippen LogP contribution in [0.25, 0.3) is 0 Å². The lowest BCUT2D eigenvalue weighted by molar-refractivity contribution is 0.104. The second kappa shape index (κ2) is 5.82. The Morgan fingerprint density at radius 1 is 1.00 bits per heavy atom. The normalized spacial score (nSPS) is 10.7. The van der Waals surface area contributed by atoms with Crippen molar-refractivity contribution >= 4 is 5.78 Å². The molecule has 1 N–H and O–H groups in total. The van der Waals surface area contributed by atoms with Crippen LogP contribution >= 0.6 is 0 Å². The highest BCUT2D eigenvalue weighted by Gasteiger charge is 2.00. The van der Waals surface area contributed by atoms with Crippen LogP contribution in [0, 0.1) is 0 Å². The van der Waals surface area contributed by atoms with Gasteiger partial charge in [0.2, 0.25) is 0 Å². The molecule has 0 spiro atoms. The van der Waals surface area contributed by atoms with Crippen LogP contribution in [0.2, 0.25) is 0 Å². The maximum Gasteiger partial charge on any atom is 0.185 e. The van der Waals surface area contributed by atoms with E-state index in [9.17, 15) is 4.79 Å². The minimum Gasteiger partial charge on any atom is -0.508 e. The highest BCUT2D eigenvalue weighted by Crippen LogP contribution is 2.10. The summed E-state index contributed by atoms with van der Waals surface area (Å²) in [5.74, 6) is 0.116. The van der Waals surface area contributed by atoms with E-state index in [0.717, 1.165) is 6.42 Å². The molecule has 90 valence electrons. The molecule has 0 aromatic heterocycles. The maximum atomic E-state index is 11.8. The van der Waals surface area contributed by atoms with Crippen LogP contribution in [-0.4, -0.2) is 10.9 Å². The van der Waals surface area contributed by atoms with Crippen molar-refractivity contribution in [2.24, 2.45) is 0 Å². The van der Waals surface area contributed by atoms with Gasteiger partial charge in [0.05, 0.1) is 0 Å². The molecule has 0 saturated heterocycles. The Bertz CT molecular complexity index is 539. The van der Waals surface area contributed by atoms with Gasteiger partial charge in [-0.25, -0.2) is 0 Å². The van der Waals surface area contributed by atoms with Crippen molar-refractivity contribution in [3.63, 3.8) is 0 Å². The quantitative estimate of drug-likeness (QED) is 0.655. The summed E-state index contributed by atoms with van der Waals surface area (Å²) in [5, 5.41) is 9.13. The van der Waals surface area contributed by atoms with Gasteiger partial charge in [-0.2, -0.15) is 0 Å². The minimum absolute atomic E-state index is 0.0501. The molecule has 18 heavy (non-hydrogen) atoms. The minimum atomic E-state index is -0.0501. The smallest absolute Gasteiger partial charge is 0.185 e. The average Bonchev–Trinajstić information content (AvgIpc) is 2.40. The number of benzene rings is 2. The third-order valence-electron chi connectivity index (χ3n) is 2.62. The first-order valence-electron chi connectivity index (χ1n) is 5.79. The number of hydrogen-bond donors (Lipinski definition) is 1. The monoisotopic (exact) mass is 238 g/mol. The van der Waals surface area contributed by atoms with E-state index in [1.165, 1.54) is 17.7 Å². The summed E-state index contributed by atoms with van der Waals surface area (Å²) in [6.07, 6.45) is 4.16. The first-order chi connectivity index (χ1) is 8.75. The van der Waals surface area contributed by atoms with E-state index in [-0.39, 0.29) is 11.5 Å². The number of ketones is 1. The number of carbonyl (C=O) groups is 1. The second-order valence-corrected chi connectivity index (χ2v) is 4.00. The van der Waals surface area contributed by atoms with Gasteiger partial charge >= 0.3 is 0 Å². The molecule has 0 bridgehead atoms. The molecule has 0 atom stereocenters. The van der Waals surface area contributed by atoms with Crippen molar-refractivity contribution in [3.05, 3.63) is 77.9 Å². The molecule has 0 aliphatic heterocycles. The maximum absolute atomic E-state index is 11.8. The molecule has 0 unspecified atom stereocenters. The Balaban J connectivity index is 1.97. The van der Waals surface area contributed by atoms with Crippen molar-refractivity contribution in [2.45, 2.75) is 6.42 Å². The van der Waals surface area contributed by atoms with E-state index in [1.54, 1.807) is 18.2 Å². The molecule has 2 aromatic carbocycles. The summed E-state index contributed by atoms with van der Waals surface area (Å²) in [7, 11) is 0. The van der Waals surface area contributed by atoms with Crippen molar-refractivity contribution in [3.8, 4) is 5.75 Å². The summed E-state index contributed by atoms with van der Waals surface area (Å²) < 4.78 is 0. The molecule has 0 aliphatic carbocycles. The molecule has 2 heteroatoms. The topological polar surface area (TPSA) is 37.3 Å². The fraction of sp³-hybridized carbons (Fsp3) is 0.0625. The first kappa shape index (κ1) is 12.1. The lowest BCUT2D eigenvalue weighted by atomic mass is 10.1. The average molecular weight is 238 g/mol. The molecule has 2 rings (SSSR count). The Hall–Kier alpha value is -2.35. The van der Waals surface area contributed by atoms with Gasteiger partial charge < -0.3 is 5.11 Å². The van der Waals surface area contributed by atoms with Gasteiger partial charge in [0, 0.05) is 5.56 Å². The number of allylic oxidation sites excluding steroid dienone is 2. The number of rotatable bonds is 4. The van der Waals surface area contributed by atoms with Gasteiger partial charge in [0.1, 0.15) is 5.75 Å². The van der Waals surface area contributed by atoms with Crippen LogP contribution < -0.4 is 0 Å². The van der Waals surface area contributed by atoms with Gasteiger partial charge in [-0.1, -0.05) is 36.4 Å². The Kier molecular flexibility index (Phi) is 3.92. The van der Waals surface area contributed by atoms with E-state index in [1.807, 2.05) is 36.4 Å². The molecule has 0 amide bonds. The molecule has 0 aliphatic rings. The van der Waals surface area contributed by atoms with Crippen molar-refractivity contribution < 1.29 is 9.90 Å². The number of aromatic hydroxyl groups is 1. The van der Waals surface area contributed by atoms with E-state index < -0.39 is 0 Å². The predicted octanol–water partition coefficient (Wildman–Crippen LogP) is 3.37. The zero-order valence-corrected chi connectivity index (χ0v) is 9.91. The van der Waals surface area contributed by atoms with Crippen molar-refractivity contribution in [1.29, 1.82) is 0 Å². The Morgan fingerprint density at radius 3 is 2.33 bits per heavy atom. The fourth-order valence-electron chi connectivity index (χ4n) is 1.64. The summed E-state index contributed by atoms with van der Waals surface area (Å²) in [6, 6.07) is 16.2. The summed E-state index contributed by atoms with van der Waals surface area (Å²) in [6.45, 7) is 0. The molecular weight excluding hydrogens is 224 g/mol. The zero-order chi connectivity index (χ0) is 12.8. The number of carbonyl (C=O) groups excluding carboxylic acids is 1. The highest BCUT2D eigenvalue weighted by atomic mass is 16.3. The molecule has 2 aromatic rings. The number of phenols is 1. The third kappa shape index (κ3) is 3.32. The van der Waals surface area contributed by atoms with Crippen molar-refractivity contribution in [2.75, 3.05) is 0 Å². The van der Waals surface area contributed by atoms with Crippen LogP contribution in [0.5, 0.6) is 5.75 Å². The van der Waals surface area contributed by atoms with E-state index >= 15 is 0 Å². The lowest BCUT2D eigenvalue weighted by Crippen LogP contribution is -1.93. The van der Waals surface area contributed by atoms with Gasteiger partial charge in [-0.15, -0.1) is 0 Å². The molecule has 0 saturated carbocycles. The standard InChI is InChI=1S/C16H14O2/c17-15-11-9-14(10-12-15)16(18)8-4-7-13-5-2-1-3-6-13/h1-6,8-12,17H,7H2/b8-4+. The fourth-order valence-corrected chi connectivity index (χ4v) is 1.64. The SMILES string of the molecule is O=C(/C=C/Cc1ccccc1)c1ccc(O)cc1. The Labute approximate surface area is 106 Å². The first-order valence-corrected chi connectivity index (χ1v) is 5.79. The van der Waals surface area contributed by atoms with Gasteiger partial charge in [-0.05, 0) is 42.3 Å². The molecule has 0 radical (unpaired) electrons. The molecule has 2 nitrogen and oxygen atoms in total. The summed E-state index contributed by atoms with van der Waals surface area (Å²) in [4.78, 5) is 11.8. The van der Waals surface area contributed by atoms with Gasteiger partial charge in [0.15, 0.2) is 5.78 Å². The van der Waals surface area contributed by atoms with E-state index in [4.69, 9.17) is 5.11 Å². The van der Waals surface area contributed by atoms with Crippen LogP contribution in [0.4, 0.5) is 0 Å². The summed E-state index contributed by atoms with van der Waals surface area (Å²) >= 11 is 0. The van der Waals surface area contributed by atoms with Crippen molar-refractivity contribution in [1.82, 2.24) is 0 Å². The van der Waals surface area contributed by atoms with Gasteiger partial charge in [-0.3, -0.25) is 4.79 Å². The molecule has 0 heterocycles. The highest BCUT2D eigenvalue weighted by molar-refractivity contribution is 6.04. The van der Waals surface area contributed by atoms with Crippen LogP contribution in [0.15, 0.2) is 66.7 Å². The third-order valence-corrected chi connectivity index (χ3v) is 2.62. The summed E-state index contributed by atoms with van der Waals surface area (Å²) in [5.41, 5.74) is 1.75. The molecule has 0 fully saturated rings. The second-order valence-electron chi connectivity index (χ2n) is 4.00. The number of phenolic OH excluding ortho intramolecular Hbond substituents is 1. The largest absolute Gasteiger partial charge is 0.508 e. The van der Waals surface area contributed by atoms with Crippen LogP contribution in [0.1, 0.15) is 15.9 Å². The number of hydrogen-bond acceptors (Lipinski definition) is 2. The molecular formula is C16H14O2. The predicted molar refractivity (Wildman–Crippen MR) is 71.7 cm³/mol. The van der Waals surface area contributed by atoms with E-state index in [2.05, 4.69) is 0 Å². The van der Waals surface area contributed by atoms with E-state index in [0.29, 0.717) is 5.56 Å².